The highest BCUT2D eigenvalue weighted by Crippen LogP contribution is 2.65. The molecule has 0 unspecified atom stereocenters. The summed E-state index contributed by atoms with van der Waals surface area (Å²) >= 11 is 8.28. The summed E-state index contributed by atoms with van der Waals surface area (Å²) in [4.78, 5) is 0. The third-order valence-electron chi connectivity index (χ3n) is 8.47. The molecule has 0 saturated carbocycles. The normalized spacial score (nSPS) is 18.4. The van der Waals surface area contributed by atoms with E-state index in [1.165, 1.54) is 55.7 Å². The van der Waals surface area contributed by atoms with Gasteiger partial charge in [0.1, 0.15) is 4.32 Å². The molecule has 0 heterocycles. The Morgan fingerprint density at radius 3 is 1.11 bits per heavy atom. The zero-order chi connectivity index (χ0) is 29.9. The van der Waals surface area contributed by atoms with E-state index < -0.39 is 4.32 Å². The van der Waals surface area contributed by atoms with Gasteiger partial charge in [-0.25, -0.2) is 0 Å². The third-order valence-corrected chi connectivity index (χ3v) is 10.3. The maximum absolute atomic E-state index is 4.57. The number of rotatable bonds is 6. The molecule has 7 rings (SSSR count). The Bertz CT molecular complexity index is 1820. The lowest BCUT2D eigenvalue weighted by molar-refractivity contribution is 0.994. The monoisotopic (exact) mass is 692 g/mol. The minimum Gasteiger partial charge on any atom is -0.0695 e. The quantitative estimate of drug-likeness (QED) is 0.152. The topological polar surface area (TPSA) is 0 Å². The van der Waals surface area contributed by atoms with E-state index in [4.69, 9.17) is 0 Å². The van der Waals surface area contributed by atoms with Gasteiger partial charge in [-0.1, -0.05) is 196 Å². The maximum Gasteiger partial charge on any atom is 0.102 e. The van der Waals surface area contributed by atoms with Crippen LogP contribution in [0.25, 0.3) is 22.3 Å². The van der Waals surface area contributed by atoms with E-state index in [1.54, 1.807) is 0 Å². The van der Waals surface area contributed by atoms with Crippen molar-refractivity contribution in [3.05, 3.63) is 214 Å². The molecule has 0 amide bonds. The molecular formula is C42H30Br2. The highest BCUT2D eigenvalue weighted by atomic mass is 79.9. The molecule has 0 spiro atoms. The van der Waals surface area contributed by atoms with Crippen molar-refractivity contribution >= 4 is 54.2 Å². The first-order chi connectivity index (χ1) is 21.7. The van der Waals surface area contributed by atoms with Crippen molar-refractivity contribution < 1.29 is 0 Å². The average molecular weight is 695 g/mol. The minimum absolute atomic E-state index is 0.0484. The van der Waals surface area contributed by atoms with Crippen LogP contribution in [0, 0.1) is 0 Å². The molecule has 0 radical (unpaired) electrons. The summed E-state index contributed by atoms with van der Waals surface area (Å²) in [6, 6.07) is 63.5. The van der Waals surface area contributed by atoms with Crippen molar-refractivity contribution in [1.29, 1.82) is 0 Å². The Morgan fingerprint density at radius 2 is 0.727 bits per heavy atom. The summed E-state index contributed by atoms with van der Waals surface area (Å²) in [5, 5.41) is 0. The first-order valence-electron chi connectivity index (χ1n) is 14.9. The van der Waals surface area contributed by atoms with E-state index in [1.807, 2.05) is 0 Å². The SMILES string of the molecule is Brc1ccc(C2C(c3ccccc3)=C(c3ccccc3)C(Br)(c3ccccc3)C(c3ccccc3)=C2c2ccccc2)cc1. The van der Waals surface area contributed by atoms with E-state index in [-0.39, 0.29) is 5.92 Å². The third kappa shape index (κ3) is 5.13. The van der Waals surface area contributed by atoms with Gasteiger partial charge in [-0.2, -0.15) is 0 Å². The number of allylic oxidation sites excluding steroid dienone is 4. The van der Waals surface area contributed by atoms with Crippen LogP contribution < -0.4 is 0 Å². The lowest BCUT2D eigenvalue weighted by Crippen LogP contribution is -2.30. The molecule has 0 nitrogen and oxygen atoms in total. The lowest BCUT2D eigenvalue weighted by atomic mass is 9.62. The first kappa shape index (κ1) is 28.5. The zero-order valence-corrected chi connectivity index (χ0v) is 27.2. The van der Waals surface area contributed by atoms with Crippen LogP contribution in [0.2, 0.25) is 0 Å². The molecule has 0 saturated heterocycles. The van der Waals surface area contributed by atoms with Crippen LogP contribution in [-0.2, 0) is 4.32 Å². The summed E-state index contributed by atoms with van der Waals surface area (Å²) < 4.78 is 0.400. The van der Waals surface area contributed by atoms with Gasteiger partial charge >= 0.3 is 0 Å². The summed E-state index contributed by atoms with van der Waals surface area (Å²) in [6.07, 6.45) is 0. The Morgan fingerprint density at radius 1 is 0.386 bits per heavy atom. The van der Waals surface area contributed by atoms with Crippen molar-refractivity contribution in [2.75, 3.05) is 0 Å². The second-order valence-corrected chi connectivity index (χ2v) is 13.2. The van der Waals surface area contributed by atoms with Crippen LogP contribution in [0.4, 0.5) is 0 Å². The molecule has 0 bridgehead atoms. The molecule has 44 heavy (non-hydrogen) atoms. The molecule has 1 aliphatic carbocycles. The molecule has 0 N–H and O–H groups in total. The van der Waals surface area contributed by atoms with E-state index in [9.17, 15) is 0 Å². The van der Waals surface area contributed by atoms with Gasteiger partial charge in [0.2, 0.25) is 0 Å². The van der Waals surface area contributed by atoms with Crippen LogP contribution in [0.15, 0.2) is 180 Å². The van der Waals surface area contributed by atoms with Crippen molar-refractivity contribution in [3.63, 3.8) is 0 Å². The highest BCUT2D eigenvalue weighted by molar-refractivity contribution is 9.10. The van der Waals surface area contributed by atoms with Gasteiger partial charge in [0.05, 0.1) is 0 Å². The standard InChI is InChI=1S/C42H30Br2/c43-36-28-26-32(27-29-36)37-38(30-16-6-1-7-17-30)40(33-20-10-3-11-21-33)42(44,35-24-14-5-15-25-35)41(34-22-12-4-13-23-34)39(37)31-18-8-2-9-19-31/h1-29,37H. The van der Waals surface area contributed by atoms with E-state index >= 15 is 0 Å². The second kappa shape index (κ2) is 12.4. The number of halogens is 2. The van der Waals surface area contributed by atoms with Gasteiger partial charge < -0.3 is 0 Å². The van der Waals surface area contributed by atoms with Crippen LogP contribution >= 0.6 is 31.9 Å². The Labute approximate surface area is 276 Å². The molecular weight excluding hydrogens is 664 g/mol. The fourth-order valence-corrected chi connectivity index (χ4v) is 8.06. The average Bonchev–Trinajstić information content (AvgIpc) is 3.10. The predicted molar refractivity (Wildman–Crippen MR) is 193 cm³/mol. The summed E-state index contributed by atoms with van der Waals surface area (Å²) in [5.74, 6) is -0.0484. The highest BCUT2D eigenvalue weighted by Gasteiger charge is 2.48. The van der Waals surface area contributed by atoms with Gasteiger partial charge in [-0.15, -0.1) is 0 Å². The molecule has 6 aromatic carbocycles. The van der Waals surface area contributed by atoms with E-state index in [0.717, 1.165) is 4.47 Å². The van der Waals surface area contributed by atoms with Gasteiger partial charge in [0.25, 0.3) is 0 Å². The van der Waals surface area contributed by atoms with E-state index in [2.05, 4.69) is 208 Å². The molecule has 0 aromatic heterocycles. The fourth-order valence-electron chi connectivity index (χ4n) is 6.65. The smallest absolute Gasteiger partial charge is 0.0695 e. The lowest BCUT2D eigenvalue weighted by Gasteiger charge is -2.45. The van der Waals surface area contributed by atoms with E-state index in [0.29, 0.717) is 0 Å². The van der Waals surface area contributed by atoms with Crippen molar-refractivity contribution in [2.24, 2.45) is 0 Å². The Kier molecular flexibility index (Phi) is 8.04. The Balaban J connectivity index is 1.74. The van der Waals surface area contributed by atoms with Gasteiger partial charge in [0.15, 0.2) is 0 Å². The molecule has 1 aliphatic rings. The first-order valence-corrected chi connectivity index (χ1v) is 16.5. The summed E-state index contributed by atoms with van der Waals surface area (Å²) in [7, 11) is 0. The molecule has 6 aromatic rings. The van der Waals surface area contributed by atoms with Crippen LogP contribution in [0.5, 0.6) is 0 Å². The van der Waals surface area contributed by atoms with Gasteiger partial charge in [-0.3, -0.25) is 0 Å². The van der Waals surface area contributed by atoms with Gasteiger partial charge in [-0.05, 0) is 67.8 Å². The largest absolute Gasteiger partial charge is 0.102 e. The minimum atomic E-state index is -0.667. The molecule has 0 fully saturated rings. The predicted octanol–water partition coefficient (Wildman–Crippen LogP) is 12.1. The number of alkyl halides is 1. The number of hydrogen-bond donors (Lipinski definition) is 0. The number of hydrogen-bond acceptors (Lipinski definition) is 0. The summed E-state index contributed by atoms with van der Waals surface area (Å²) in [6.45, 7) is 0. The molecule has 0 atom stereocenters. The van der Waals surface area contributed by atoms with Crippen molar-refractivity contribution in [2.45, 2.75) is 10.2 Å². The van der Waals surface area contributed by atoms with Crippen LogP contribution in [0.1, 0.15) is 39.3 Å². The molecule has 212 valence electrons. The molecule has 0 aliphatic heterocycles. The van der Waals surface area contributed by atoms with Gasteiger partial charge in [0, 0.05) is 10.4 Å². The zero-order valence-electron chi connectivity index (χ0n) is 24.1. The number of benzene rings is 6. The summed E-state index contributed by atoms with van der Waals surface area (Å²) in [5.41, 5.74) is 12.3. The van der Waals surface area contributed by atoms with Crippen LogP contribution in [-0.4, -0.2) is 0 Å². The fraction of sp³-hybridized carbons (Fsp3) is 0.0476. The van der Waals surface area contributed by atoms with Crippen molar-refractivity contribution in [3.8, 4) is 0 Å². The van der Waals surface area contributed by atoms with Crippen LogP contribution in [0.3, 0.4) is 0 Å². The molecule has 2 heteroatoms. The second-order valence-electron chi connectivity index (χ2n) is 11.1. The maximum atomic E-state index is 4.57. The van der Waals surface area contributed by atoms with Crippen molar-refractivity contribution in [1.82, 2.24) is 0 Å². The Hall–Kier alpha value is -4.24.